The van der Waals surface area contributed by atoms with E-state index in [-0.39, 0.29) is 15.7 Å². The van der Waals surface area contributed by atoms with E-state index >= 15 is 0 Å². The summed E-state index contributed by atoms with van der Waals surface area (Å²) in [6, 6.07) is 10.0. The molecule has 0 saturated heterocycles. The number of rotatable bonds is 6. The zero-order valence-electron chi connectivity index (χ0n) is 14.0. The molecule has 11 heteroatoms. The normalized spacial score (nSPS) is 11.2. The van der Waals surface area contributed by atoms with E-state index in [4.69, 9.17) is 0 Å². The molecule has 3 rings (SSSR count). The van der Waals surface area contributed by atoms with Crippen molar-refractivity contribution >= 4 is 37.9 Å². The first-order valence-corrected chi connectivity index (χ1v) is 10.3. The van der Waals surface area contributed by atoms with Crippen molar-refractivity contribution in [2.45, 2.75) is 4.90 Å². The Balaban J connectivity index is 1.71. The van der Waals surface area contributed by atoms with Gasteiger partial charge in [0.25, 0.3) is 5.69 Å². The van der Waals surface area contributed by atoms with E-state index in [1.807, 2.05) is 0 Å². The number of nitrogens with one attached hydrogen (secondary N) is 1. The molecule has 1 amide bonds. The predicted molar refractivity (Wildman–Crippen MR) is 101 cm³/mol. The van der Waals surface area contributed by atoms with Crippen molar-refractivity contribution in [1.82, 2.24) is 4.98 Å². The van der Waals surface area contributed by atoms with Gasteiger partial charge in [0.1, 0.15) is 11.6 Å². The van der Waals surface area contributed by atoms with Crippen LogP contribution in [0.25, 0.3) is 11.3 Å². The Bertz CT molecular complexity index is 1140. The molecule has 0 fully saturated rings. The number of hydrogen-bond acceptors (Lipinski definition) is 7. The van der Waals surface area contributed by atoms with Gasteiger partial charge in [-0.2, -0.15) is 0 Å². The average molecular weight is 421 g/mol. The maximum Gasteiger partial charge on any atom is 0.270 e. The minimum absolute atomic E-state index is 0.0959. The molecule has 0 spiro atoms. The summed E-state index contributed by atoms with van der Waals surface area (Å²) in [5, 5.41) is 15.0. The molecule has 28 heavy (non-hydrogen) atoms. The van der Waals surface area contributed by atoms with Crippen molar-refractivity contribution in [3.05, 3.63) is 69.8 Å². The highest BCUT2D eigenvalue weighted by atomic mass is 32.2. The molecule has 2 aromatic carbocycles. The number of nitro benzene ring substituents is 1. The first-order chi connectivity index (χ1) is 13.2. The topological polar surface area (TPSA) is 119 Å². The van der Waals surface area contributed by atoms with E-state index in [1.54, 1.807) is 11.4 Å². The Hall–Kier alpha value is -3.18. The summed E-state index contributed by atoms with van der Waals surface area (Å²) in [4.78, 5) is 26.4. The summed E-state index contributed by atoms with van der Waals surface area (Å²) in [6.07, 6.45) is 0. The van der Waals surface area contributed by atoms with Crippen LogP contribution in [-0.2, 0) is 14.6 Å². The number of thiazole rings is 1. The third kappa shape index (κ3) is 4.56. The number of benzene rings is 2. The number of aromatic nitrogens is 1. The Kier molecular flexibility index (Phi) is 5.47. The van der Waals surface area contributed by atoms with Crippen molar-refractivity contribution in [3.8, 4) is 11.3 Å². The molecule has 0 bridgehead atoms. The highest BCUT2D eigenvalue weighted by Gasteiger charge is 2.20. The fourth-order valence-electron chi connectivity index (χ4n) is 2.30. The molecular weight excluding hydrogens is 409 g/mol. The molecule has 0 radical (unpaired) electrons. The molecule has 0 aliphatic heterocycles. The predicted octanol–water partition coefficient (Wildman–Crippen LogP) is 3.27. The van der Waals surface area contributed by atoms with Gasteiger partial charge < -0.3 is 5.32 Å². The first kappa shape index (κ1) is 19.6. The van der Waals surface area contributed by atoms with Crippen LogP contribution in [0, 0.1) is 15.9 Å². The lowest BCUT2D eigenvalue weighted by Crippen LogP contribution is -2.23. The van der Waals surface area contributed by atoms with E-state index < -0.39 is 32.2 Å². The lowest BCUT2D eigenvalue weighted by Gasteiger charge is -2.04. The van der Waals surface area contributed by atoms with Crippen molar-refractivity contribution in [2.24, 2.45) is 0 Å². The highest BCUT2D eigenvalue weighted by molar-refractivity contribution is 7.92. The van der Waals surface area contributed by atoms with E-state index in [0.717, 1.165) is 35.6 Å². The fourth-order valence-corrected chi connectivity index (χ4v) is 4.17. The summed E-state index contributed by atoms with van der Waals surface area (Å²) in [5.41, 5.74) is 0.803. The summed E-state index contributed by atoms with van der Waals surface area (Å²) < 4.78 is 37.3. The van der Waals surface area contributed by atoms with Gasteiger partial charge in [0.05, 0.1) is 15.5 Å². The van der Waals surface area contributed by atoms with Crippen molar-refractivity contribution in [1.29, 1.82) is 0 Å². The van der Waals surface area contributed by atoms with Crippen molar-refractivity contribution < 1.29 is 22.5 Å². The van der Waals surface area contributed by atoms with Crippen molar-refractivity contribution in [3.63, 3.8) is 0 Å². The standard InChI is InChI=1S/C17H12FN3O5S2/c18-12-4-6-14(7-5-12)28(25,26)10-16(22)20-17-19-15(9-27-17)11-2-1-3-13(8-11)21(23)24/h1-9H,10H2,(H,19,20,22). The lowest BCUT2D eigenvalue weighted by molar-refractivity contribution is -0.384. The Morgan fingerprint density at radius 1 is 1.21 bits per heavy atom. The number of amides is 1. The van der Waals surface area contributed by atoms with E-state index in [0.29, 0.717) is 11.3 Å². The van der Waals surface area contributed by atoms with Crippen LogP contribution in [0.1, 0.15) is 0 Å². The molecule has 3 aromatic rings. The maximum absolute atomic E-state index is 12.9. The molecule has 8 nitrogen and oxygen atoms in total. The number of halogens is 1. The van der Waals surface area contributed by atoms with Gasteiger partial charge in [-0.25, -0.2) is 17.8 Å². The minimum atomic E-state index is -3.93. The van der Waals surface area contributed by atoms with Gasteiger partial charge in [-0.3, -0.25) is 14.9 Å². The van der Waals surface area contributed by atoms with Crippen LogP contribution in [0.5, 0.6) is 0 Å². The molecule has 0 unspecified atom stereocenters. The number of hydrogen-bond donors (Lipinski definition) is 1. The summed E-state index contributed by atoms with van der Waals surface area (Å²) in [5.74, 6) is -2.21. The highest BCUT2D eigenvalue weighted by Crippen LogP contribution is 2.27. The number of carbonyl (C=O) groups excluding carboxylic acids is 1. The van der Waals surface area contributed by atoms with Crippen LogP contribution in [0.15, 0.2) is 58.8 Å². The van der Waals surface area contributed by atoms with Gasteiger partial charge in [0.2, 0.25) is 5.91 Å². The van der Waals surface area contributed by atoms with Crippen LogP contribution in [0.2, 0.25) is 0 Å². The summed E-state index contributed by atoms with van der Waals surface area (Å²) in [7, 11) is -3.93. The molecule has 0 atom stereocenters. The number of sulfone groups is 1. The second kappa shape index (κ2) is 7.82. The smallest absolute Gasteiger partial charge is 0.270 e. The van der Waals surface area contributed by atoms with Crippen LogP contribution in [-0.4, -0.2) is 30.0 Å². The largest absolute Gasteiger partial charge is 0.301 e. The molecular formula is C17H12FN3O5S2. The van der Waals surface area contributed by atoms with Gasteiger partial charge >= 0.3 is 0 Å². The Morgan fingerprint density at radius 3 is 2.61 bits per heavy atom. The molecule has 1 aromatic heterocycles. The zero-order valence-corrected chi connectivity index (χ0v) is 15.7. The second-order valence-electron chi connectivity index (χ2n) is 5.61. The third-order valence-electron chi connectivity index (χ3n) is 3.60. The van der Waals surface area contributed by atoms with E-state index in [2.05, 4.69) is 10.3 Å². The summed E-state index contributed by atoms with van der Waals surface area (Å²) in [6.45, 7) is 0. The van der Waals surface area contributed by atoms with Gasteiger partial charge in [-0.1, -0.05) is 12.1 Å². The van der Waals surface area contributed by atoms with Crippen LogP contribution >= 0.6 is 11.3 Å². The molecule has 1 heterocycles. The molecule has 1 N–H and O–H groups in total. The van der Waals surface area contributed by atoms with Gasteiger partial charge in [0.15, 0.2) is 15.0 Å². The molecule has 0 aliphatic carbocycles. The maximum atomic E-state index is 12.9. The average Bonchev–Trinajstić information content (AvgIpc) is 3.10. The van der Waals surface area contributed by atoms with Gasteiger partial charge in [0, 0.05) is 23.1 Å². The number of non-ortho nitro benzene ring substituents is 1. The third-order valence-corrected chi connectivity index (χ3v) is 5.99. The van der Waals surface area contributed by atoms with Crippen LogP contribution < -0.4 is 5.32 Å². The van der Waals surface area contributed by atoms with Crippen molar-refractivity contribution in [2.75, 3.05) is 11.1 Å². The Labute approximate surface area is 162 Å². The lowest BCUT2D eigenvalue weighted by atomic mass is 10.1. The van der Waals surface area contributed by atoms with Crippen LogP contribution in [0.3, 0.4) is 0 Å². The van der Waals surface area contributed by atoms with E-state index in [9.17, 15) is 27.7 Å². The van der Waals surface area contributed by atoms with Crippen LogP contribution in [0.4, 0.5) is 15.2 Å². The summed E-state index contributed by atoms with van der Waals surface area (Å²) >= 11 is 1.05. The minimum Gasteiger partial charge on any atom is -0.301 e. The van der Waals surface area contributed by atoms with Gasteiger partial charge in [-0.15, -0.1) is 11.3 Å². The van der Waals surface area contributed by atoms with Gasteiger partial charge in [-0.05, 0) is 24.3 Å². The molecule has 144 valence electrons. The SMILES string of the molecule is O=C(CS(=O)(=O)c1ccc(F)cc1)Nc1nc(-c2cccc([N+](=O)[O-])c2)cs1. The Morgan fingerprint density at radius 2 is 1.93 bits per heavy atom. The first-order valence-electron chi connectivity index (χ1n) is 7.73. The number of anilines is 1. The number of carbonyl (C=O) groups is 1. The monoisotopic (exact) mass is 421 g/mol. The fraction of sp³-hybridized carbons (Fsp3) is 0.0588. The molecule has 0 saturated carbocycles. The second-order valence-corrected chi connectivity index (χ2v) is 8.45. The number of nitrogens with zero attached hydrogens (tertiary/aromatic N) is 2. The quantitative estimate of drug-likeness (QED) is 0.371. The number of nitro groups is 1. The molecule has 0 aliphatic rings. The van der Waals surface area contributed by atoms with E-state index in [1.165, 1.54) is 18.2 Å². The zero-order chi connectivity index (χ0) is 20.3.